The zero-order chi connectivity index (χ0) is 18.8. The van der Waals surface area contributed by atoms with Crippen molar-refractivity contribution in [2.24, 2.45) is 0 Å². The summed E-state index contributed by atoms with van der Waals surface area (Å²) in [5, 5.41) is 13.1. The molecule has 0 aliphatic heterocycles. The van der Waals surface area contributed by atoms with Crippen molar-refractivity contribution in [1.82, 2.24) is 0 Å². The summed E-state index contributed by atoms with van der Waals surface area (Å²) in [7, 11) is 0. The van der Waals surface area contributed by atoms with Crippen LogP contribution in [0.5, 0.6) is 0 Å². The summed E-state index contributed by atoms with van der Waals surface area (Å²) in [6, 6.07) is 19.3. The molecule has 2 N–H and O–H groups in total. The minimum absolute atomic E-state index is 0.704. The molecule has 0 amide bonds. The molecule has 2 heterocycles. The number of fused-ring (bicyclic) bond motifs is 2. The second-order valence-electron chi connectivity index (χ2n) is 6.62. The highest BCUT2D eigenvalue weighted by Gasteiger charge is 2.11. The summed E-state index contributed by atoms with van der Waals surface area (Å²) in [4.78, 5) is 1.09. The van der Waals surface area contributed by atoms with Gasteiger partial charge in [0.25, 0.3) is 0 Å². The molecule has 134 valence electrons. The van der Waals surface area contributed by atoms with Gasteiger partial charge in [0, 0.05) is 19.8 Å². The summed E-state index contributed by atoms with van der Waals surface area (Å²) in [5.41, 5.74) is 8.94. The van der Waals surface area contributed by atoms with Gasteiger partial charge < -0.3 is 5.73 Å². The zero-order valence-corrected chi connectivity index (χ0v) is 16.8. The van der Waals surface area contributed by atoms with E-state index >= 15 is 0 Å². The Morgan fingerprint density at radius 2 is 1.85 bits per heavy atom. The van der Waals surface area contributed by atoms with Crippen molar-refractivity contribution in [3.8, 4) is 6.07 Å². The van der Waals surface area contributed by atoms with Gasteiger partial charge in [0.15, 0.2) is 0 Å². The first kappa shape index (κ1) is 17.8. The number of anilines is 1. The number of hydrogen-bond acceptors (Lipinski definition) is 4. The Bertz CT molecular complexity index is 1160. The van der Waals surface area contributed by atoms with Crippen molar-refractivity contribution in [1.29, 1.82) is 5.26 Å². The van der Waals surface area contributed by atoms with Crippen molar-refractivity contribution in [3.63, 3.8) is 0 Å². The lowest BCUT2D eigenvalue weighted by atomic mass is 9.93. The smallest absolute Gasteiger partial charge is 0.0998 e. The van der Waals surface area contributed by atoms with Crippen molar-refractivity contribution >= 4 is 59.5 Å². The Hall–Kier alpha value is -2.61. The number of aryl methyl sites for hydroxylation is 1. The Kier molecular flexibility index (Phi) is 4.98. The molecule has 0 bridgehead atoms. The largest absolute Gasteiger partial charge is 0.391 e. The summed E-state index contributed by atoms with van der Waals surface area (Å²) in [6.07, 6.45) is 5.44. The van der Waals surface area contributed by atoms with Gasteiger partial charge in [-0.15, -0.1) is 22.7 Å². The quantitative estimate of drug-likeness (QED) is 0.370. The van der Waals surface area contributed by atoms with Crippen LogP contribution in [0.2, 0.25) is 0 Å². The number of nitriles is 1. The van der Waals surface area contributed by atoms with Crippen LogP contribution >= 0.6 is 22.7 Å². The number of thiophene rings is 2. The van der Waals surface area contributed by atoms with Gasteiger partial charge in [0.2, 0.25) is 0 Å². The maximum Gasteiger partial charge on any atom is 0.0998 e. The van der Waals surface area contributed by atoms with Gasteiger partial charge in [-0.05, 0) is 47.4 Å². The monoisotopic (exact) mass is 388 g/mol. The third kappa shape index (κ3) is 3.49. The molecule has 0 fully saturated rings. The van der Waals surface area contributed by atoms with E-state index in [-0.39, 0.29) is 0 Å². The van der Waals surface area contributed by atoms with E-state index in [1.807, 2.05) is 18.2 Å². The van der Waals surface area contributed by atoms with Crippen LogP contribution in [0.4, 0.5) is 5.00 Å². The molecule has 0 spiro atoms. The highest BCUT2D eigenvalue weighted by molar-refractivity contribution is 7.30. The minimum atomic E-state index is 0.704. The Labute approximate surface area is 167 Å². The minimum Gasteiger partial charge on any atom is -0.391 e. The number of nitrogens with zero attached hydrogens (tertiary/aromatic N) is 1. The van der Waals surface area contributed by atoms with Crippen LogP contribution in [-0.4, -0.2) is 0 Å². The Balaban J connectivity index is 1.81. The fraction of sp³-hybridized carbons (Fsp3) is 0.174. The average Bonchev–Trinajstić information content (AvgIpc) is 3.21. The fourth-order valence-corrected chi connectivity index (χ4v) is 5.57. The number of rotatable bonds is 5. The summed E-state index contributed by atoms with van der Waals surface area (Å²) < 4.78 is 2.36. The molecular weight excluding hydrogens is 368 g/mol. The van der Waals surface area contributed by atoms with E-state index in [0.717, 1.165) is 27.2 Å². The fourth-order valence-electron chi connectivity index (χ4n) is 3.44. The maximum atomic E-state index is 9.85. The molecule has 0 unspecified atom stereocenters. The van der Waals surface area contributed by atoms with Crippen molar-refractivity contribution in [2.75, 3.05) is 5.73 Å². The van der Waals surface area contributed by atoms with Crippen LogP contribution in [0.3, 0.4) is 0 Å². The lowest BCUT2D eigenvalue weighted by Gasteiger charge is -2.10. The number of benzene rings is 2. The van der Waals surface area contributed by atoms with E-state index in [9.17, 15) is 5.26 Å². The number of unbranched alkanes of at least 4 members (excludes halogenated alkanes) is 1. The standard InChI is InChI=1S/C23H20N2S2/c1-2-3-6-15-9-10-19(20-8-5-4-7-18(15)20)16(14-24)11-17-12-21-22(26-17)13-23(25)27-21/h4-5,7-13H,2-3,6,25H2,1H3/b16-11+. The van der Waals surface area contributed by atoms with E-state index < -0.39 is 0 Å². The van der Waals surface area contributed by atoms with Gasteiger partial charge in [0.1, 0.15) is 0 Å². The predicted molar refractivity (Wildman–Crippen MR) is 120 cm³/mol. The van der Waals surface area contributed by atoms with Gasteiger partial charge in [-0.2, -0.15) is 5.26 Å². The van der Waals surface area contributed by atoms with Gasteiger partial charge in [-0.1, -0.05) is 49.7 Å². The lowest BCUT2D eigenvalue weighted by Crippen LogP contribution is -1.91. The molecule has 4 rings (SSSR count). The topological polar surface area (TPSA) is 49.8 Å². The van der Waals surface area contributed by atoms with Gasteiger partial charge in [0.05, 0.1) is 16.6 Å². The second kappa shape index (κ2) is 7.56. The molecule has 2 aromatic carbocycles. The zero-order valence-electron chi connectivity index (χ0n) is 15.2. The maximum absolute atomic E-state index is 9.85. The molecular formula is C23H20N2S2. The SMILES string of the molecule is CCCCc1ccc(/C(C#N)=C/c2cc3sc(N)cc3s2)c2ccccc12. The number of nitrogen functional groups attached to an aromatic ring is 1. The third-order valence-corrected chi connectivity index (χ3v) is 6.83. The van der Waals surface area contributed by atoms with Crippen molar-refractivity contribution in [2.45, 2.75) is 26.2 Å². The van der Waals surface area contributed by atoms with Crippen LogP contribution in [-0.2, 0) is 6.42 Å². The highest BCUT2D eigenvalue weighted by Crippen LogP contribution is 2.37. The molecule has 0 atom stereocenters. The number of hydrogen-bond donors (Lipinski definition) is 1. The molecule has 2 nitrogen and oxygen atoms in total. The molecule has 4 heteroatoms. The van der Waals surface area contributed by atoms with Gasteiger partial charge in [-0.3, -0.25) is 0 Å². The summed E-state index contributed by atoms with van der Waals surface area (Å²) in [5.74, 6) is 0. The van der Waals surface area contributed by atoms with Gasteiger partial charge >= 0.3 is 0 Å². The van der Waals surface area contributed by atoms with Crippen LogP contribution < -0.4 is 5.73 Å². The van der Waals surface area contributed by atoms with Crippen LogP contribution in [0.25, 0.3) is 31.8 Å². The normalized spacial score (nSPS) is 11.9. The highest BCUT2D eigenvalue weighted by atomic mass is 32.1. The predicted octanol–water partition coefficient (Wildman–Crippen LogP) is 7.10. The van der Waals surface area contributed by atoms with E-state index in [4.69, 9.17) is 5.73 Å². The third-order valence-electron chi connectivity index (χ3n) is 4.76. The first-order valence-corrected chi connectivity index (χ1v) is 10.7. The average molecular weight is 389 g/mol. The Morgan fingerprint density at radius 3 is 2.59 bits per heavy atom. The Morgan fingerprint density at radius 1 is 1.07 bits per heavy atom. The number of allylic oxidation sites excluding steroid dienone is 1. The summed E-state index contributed by atoms with van der Waals surface area (Å²) in [6.45, 7) is 2.21. The van der Waals surface area contributed by atoms with Gasteiger partial charge in [-0.25, -0.2) is 0 Å². The molecule has 2 aromatic heterocycles. The first-order chi connectivity index (χ1) is 13.2. The van der Waals surface area contributed by atoms with E-state index in [0.29, 0.717) is 5.57 Å². The molecule has 4 aromatic rings. The molecule has 0 saturated carbocycles. The van der Waals surface area contributed by atoms with E-state index in [1.54, 1.807) is 22.7 Å². The van der Waals surface area contributed by atoms with E-state index in [2.05, 4.69) is 49.4 Å². The number of nitrogens with two attached hydrogens (primary N) is 1. The van der Waals surface area contributed by atoms with Crippen LogP contribution in [0.15, 0.2) is 48.5 Å². The summed E-state index contributed by atoms with van der Waals surface area (Å²) >= 11 is 3.27. The molecule has 0 aliphatic carbocycles. The molecule has 0 saturated heterocycles. The first-order valence-electron chi connectivity index (χ1n) is 9.11. The second-order valence-corrected chi connectivity index (χ2v) is 8.85. The van der Waals surface area contributed by atoms with Crippen molar-refractivity contribution in [3.05, 3.63) is 64.5 Å². The van der Waals surface area contributed by atoms with Crippen molar-refractivity contribution < 1.29 is 0 Å². The molecule has 0 aliphatic rings. The van der Waals surface area contributed by atoms with Crippen LogP contribution in [0.1, 0.15) is 35.8 Å². The lowest BCUT2D eigenvalue weighted by molar-refractivity contribution is 0.799. The molecule has 27 heavy (non-hydrogen) atoms. The van der Waals surface area contributed by atoms with E-state index in [1.165, 1.54) is 33.2 Å². The van der Waals surface area contributed by atoms with Crippen LogP contribution in [0, 0.1) is 11.3 Å². The molecule has 0 radical (unpaired) electrons.